The second-order valence-corrected chi connectivity index (χ2v) is 6.47. The molecule has 2 heterocycles. The first-order valence-corrected chi connectivity index (χ1v) is 8.24. The van der Waals surface area contributed by atoms with E-state index in [1.54, 1.807) is 24.3 Å². The fraction of sp³-hybridized carbons (Fsp3) is 0. The highest BCUT2D eigenvalue weighted by molar-refractivity contribution is 6.33. The van der Waals surface area contributed by atoms with E-state index in [0.29, 0.717) is 38.7 Å². The van der Waals surface area contributed by atoms with Gasteiger partial charge in [0.15, 0.2) is 0 Å². The number of aromatic nitrogens is 1. The van der Waals surface area contributed by atoms with Gasteiger partial charge in [-0.25, -0.2) is 13.8 Å². The maximum Gasteiger partial charge on any atom is 0.264 e. The third kappa shape index (κ3) is 1.98. The Morgan fingerprint density at radius 3 is 2.62 bits per heavy atom. The quantitative estimate of drug-likeness (QED) is 0.410. The van der Waals surface area contributed by atoms with Gasteiger partial charge in [-0.05, 0) is 48.5 Å². The lowest BCUT2D eigenvalue weighted by atomic mass is 10.0. The third-order valence-corrected chi connectivity index (χ3v) is 4.85. The van der Waals surface area contributed by atoms with Crippen molar-refractivity contribution >= 4 is 50.7 Å². The van der Waals surface area contributed by atoms with Crippen LogP contribution in [0.15, 0.2) is 54.6 Å². The first-order valence-electron chi connectivity index (χ1n) is 7.86. The molecule has 0 aliphatic carbocycles. The number of anilines is 2. The van der Waals surface area contributed by atoms with Gasteiger partial charge in [-0.3, -0.25) is 9.69 Å². The van der Waals surface area contributed by atoms with Gasteiger partial charge in [-0.2, -0.15) is 0 Å². The first-order chi connectivity index (χ1) is 12.5. The zero-order valence-corrected chi connectivity index (χ0v) is 13.9. The number of hydrogen-bond acceptors (Lipinski definition) is 2. The summed E-state index contributed by atoms with van der Waals surface area (Å²) in [4.78, 5) is 19.2. The molecule has 1 aliphatic rings. The van der Waals surface area contributed by atoms with E-state index >= 15 is 0 Å². The van der Waals surface area contributed by atoms with Crippen LogP contribution in [0.3, 0.4) is 0 Å². The molecule has 1 aliphatic heterocycles. The van der Waals surface area contributed by atoms with Crippen LogP contribution in [0.2, 0.25) is 5.02 Å². The Hall–Kier alpha value is -3.05. The van der Waals surface area contributed by atoms with Gasteiger partial charge in [-0.1, -0.05) is 17.7 Å². The number of halogens is 3. The molecule has 3 nitrogen and oxygen atoms in total. The Bertz CT molecular complexity index is 1260. The molecule has 0 saturated heterocycles. The molecule has 0 spiro atoms. The number of carbonyl (C=O) groups excluding carboxylic acids is 1. The molecule has 26 heavy (non-hydrogen) atoms. The van der Waals surface area contributed by atoms with Crippen LogP contribution in [0.1, 0.15) is 10.4 Å². The second kappa shape index (κ2) is 5.22. The van der Waals surface area contributed by atoms with Gasteiger partial charge in [0, 0.05) is 10.8 Å². The van der Waals surface area contributed by atoms with E-state index in [2.05, 4.69) is 4.98 Å². The number of benzene rings is 3. The molecule has 0 saturated carbocycles. The summed E-state index contributed by atoms with van der Waals surface area (Å²) in [5.74, 6) is -1.33. The van der Waals surface area contributed by atoms with Crippen molar-refractivity contribution in [1.82, 2.24) is 4.98 Å². The van der Waals surface area contributed by atoms with Crippen LogP contribution in [0.25, 0.3) is 21.8 Å². The summed E-state index contributed by atoms with van der Waals surface area (Å²) in [6.45, 7) is 0. The van der Waals surface area contributed by atoms with Crippen LogP contribution in [0, 0.1) is 11.6 Å². The molecule has 4 aromatic rings. The third-order valence-electron chi connectivity index (χ3n) is 4.56. The minimum absolute atomic E-state index is 0.0764. The molecular formula is C20H9ClF2N2O. The highest BCUT2D eigenvalue weighted by Crippen LogP contribution is 2.44. The van der Waals surface area contributed by atoms with Crippen LogP contribution in [0.4, 0.5) is 20.2 Å². The van der Waals surface area contributed by atoms with Crippen molar-refractivity contribution in [2.24, 2.45) is 0 Å². The van der Waals surface area contributed by atoms with E-state index in [4.69, 9.17) is 11.6 Å². The van der Waals surface area contributed by atoms with E-state index in [0.717, 1.165) is 0 Å². The monoisotopic (exact) mass is 366 g/mol. The molecule has 0 bridgehead atoms. The summed E-state index contributed by atoms with van der Waals surface area (Å²) in [6.07, 6.45) is 0. The molecule has 1 aromatic heterocycles. The standard InChI is InChI=1S/C20H9ClF2N2O/c21-13-9-11(5-6-14(13)23)25-17-3-1-2-16-19(17)18(20(25)26)12-8-10(22)4-7-15(12)24-16/h1-9H. The minimum atomic E-state index is -0.563. The van der Waals surface area contributed by atoms with Crippen molar-refractivity contribution in [3.05, 3.63) is 76.8 Å². The number of nitrogens with zero attached hydrogens (tertiary/aromatic N) is 2. The van der Waals surface area contributed by atoms with Crippen LogP contribution in [-0.2, 0) is 0 Å². The van der Waals surface area contributed by atoms with Crippen LogP contribution in [0.5, 0.6) is 0 Å². The number of fused-ring (bicyclic) bond motifs is 2. The van der Waals surface area contributed by atoms with E-state index in [1.807, 2.05) is 0 Å². The predicted molar refractivity (Wildman–Crippen MR) is 97.1 cm³/mol. The average Bonchev–Trinajstić information content (AvgIpc) is 2.92. The summed E-state index contributed by atoms with van der Waals surface area (Å²) < 4.78 is 27.3. The Labute approximate surface area is 151 Å². The molecule has 1 amide bonds. The fourth-order valence-corrected chi connectivity index (χ4v) is 3.63. The molecule has 0 atom stereocenters. The van der Waals surface area contributed by atoms with Crippen molar-refractivity contribution in [3.63, 3.8) is 0 Å². The van der Waals surface area contributed by atoms with E-state index in [9.17, 15) is 13.6 Å². The lowest BCUT2D eigenvalue weighted by Crippen LogP contribution is -2.21. The summed E-state index contributed by atoms with van der Waals surface area (Å²) in [5.41, 5.74) is 2.62. The molecule has 0 fully saturated rings. The first kappa shape index (κ1) is 15.2. The van der Waals surface area contributed by atoms with Gasteiger partial charge in [0.05, 0.1) is 33.0 Å². The van der Waals surface area contributed by atoms with E-state index < -0.39 is 11.6 Å². The van der Waals surface area contributed by atoms with Gasteiger partial charge in [0.1, 0.15) is 11.6 Å². The summed E-state index contributed by atoms with van der Waals surface area (Å²) >= 11 is 5.89. The van der Waals surface area contributed by atoms with Crippen LogP contribution < -0.4 is 4.90 Å². The van der Waals surface area contributed by atoms with Gasteiger partial charge >= 0.3 is 0 Å². The maximum absolute atomic E-state index is 13.8. The SMILES string of the molecule is O=C1c2c3cc(F)ccc3nc3cccc(c23)N1c1ccc(F)c(Cl)c1. The summed E-state index contributed by atoms with van der Waals surface area (Å²) in [6, 6.07) is 13.7. The number of amides is 1. The van der Waals surface area contributed by atoms with Crippen LogP contribution in [-0.4, -0.2) is 10.9 Å². The van der Waals surface area contributed by atoms with Crippen molar-refractivity contribution in [3.8, 4) is 0 Å². The highest BCUT2D eigenvalue weighted by atomic mass is 35.5. The second-order valence-electron chi connectivity index (χ2n) is 6.06. The maximum atomic E-state index is 13.8. The lowest BCUT2D eigenvalue weighted by molar-refractivity contribution is 0.101. The van der Waals surface area contributed by atoms with Crippen molar-refractivity contribution < 1.29 is 13.6 Å². The number of rotatable bonds is 1. The average molecular weight is 367 g/mol. The minimum Gasteiger partial charge on any atom is -0.276 e. The normalized spacial score (nSPS) is 13.2. The van der Waals surface area contributed by atoms with Crippen molar-refractivity contribution in [2.75, 3.05) is 4.90 Å². The Balaban J connectivity index is 1.86. The molecule has 0 radical (unpaired) electrons. The molecule has 5 rings (SSSR count). The van der Waals surface area contributed by atoms with E-state index in [1.165, 1.54) is 35.2 Å². The zero-order valence-electron chi connectivity index (χ0n) is 13.1. The van der Waals surface area contributed by atoms with Crippen LogP contribution >= 0.6 is 11.6 Å². The van der Waals surface area contributed by atoms with Gasteiger partial charge in [0.2, 0.25) is 0 Å². The smallest absolute Gasteiger partial charge is 0.264 e. The largest absolute Gasteiger partial charge is 0.276 e. The van der Waals surface area contributed by atoms with Gasteiger partial charge in [-0.15, -0.1) is 0 Å². The Morgan fingerprint density at radius 1 is 0.962 bits per heavy atom. The lowest BCUT2D eigenvalue weighted by Gasteiger charge is -2.18. The Morgan fingerprint density at radius 2 is 1.81 bits per heavy atom. The van der Waals surface area contributed by atoms with Crippen molar-refractivity contribution in [2.45, 2.75) is 0 Å². The molecule has 6 heteroatoms. The Kier molecular flexibility index (Phi) is 3.06. The molecule has 0 unspecified atom stereocenters. The number of pyridine rings is 1. The van der Waals surface area contributed by atoms with Gasteiger partial charge < -0.3 is 0 Å². The van der Waals surface area contributed by atoms with E-state index in [-0.39, 0.29) is 10.9 Å². The molecule has 0 N–H and O–H groups in total. The highest BCUT2D eigenvalue weighted by Gasteiger charge is 2.33. The predicted octanol–water partition coefficient (Wildman–Crippen LogP) is 5.61. The number of carbonyl (C=O) groups is 1. The zero-order chi connectivity index (χ0) is 18.0. The summed E-state index contributed by atoms with van der Waals surface area (Å²) in [7, 11) is 0. The number of hydrogen-bond donors (Lipinski definition) is 0. The molecule has 126 valence electrons. The van der Waals surface area contributed by atoms with Gasteiger partial charge in [0.25, 0.3) is 5.91 Å². The summed E-state index contributed by atoms with van der Waals surface area (Å²) in [5, 5.41) is 1.02. The fourth-order valence-electron chi connectivity index (χ4n) is 3.46. The molecule has 3 aromatic carbocycles. The molecular weight excluding hydrogens is 358 g/mol. The topological polar surface area (TPSA) is 33.2 Å². The van der Waals surface area contributed by atoms with Crippen molar-refractivity contribution in [1.29, 1.82) is 0 Å².